The Kier molecular flexibility index (Phi) is 2.29. The van der Waals surface area contributed by atoms with Crippen LogP contribution in [0.3, 0.4) is 0 Å². The van der Waals surface area contributed by atoms with E-state index in [-0.39, 0.29) is 17.8 Å². The number of fused-ring (bicyclic) bond motifs is 1. The third-order valence-electron chi connectivity index (χ3n) is 2.70. The second-order valence-electron chi connectivity index (χ2n) is 3.44. The molecule has 0 aromatic heterocycles. The predicted molar refractivity (Wildman–Crippen MR) is 47.9 cm³/mol. The summed E-state index contributed by atoms with van der Waals surface area (Å²) >= 11 is 0. The van der Waals surface area contributed by atoms with Gasteiger partial charge in [-0.3, -0.25) is 0 Å². The van der Waals surface area contributed by atoms with Gasteiger partial charge in [-0.1, -0.05) is 6.08 Å². The van der Waals surface area contributed by atoms with Crippen molar-refractivity contribution in [3.8, 4) is 0 Å². The second kappa shape index (κ2) is 3.46. The summed E-state index contributed by atoms with van der Waals surface area (Å²) in [4.78, 5) is 11.3. The number of ether oxygens (including phenoxy) is 2. The Hall–Kier alpha value is -1.29. The zero-order valence-electron chi connectivity index (χ0n) is 7.68. The fraction of sp³-hybridized carbons (Fsp3) is 0.500. The molecule has 0 radical (unpaired) electrons. The fourth-order valence-corrected chi connectivity index (χ4v) is 1.92. The van der Waals surface area contributed by atoms with E-state index in [9.17, 15) is 9.90 Å². The van der Waals surface area contributed by atoms with Crippen LogP contribution in [0.15, 0.2) is 24.5 Å². The van der Waals surface area contributed by atoms with E-state index >= 15 is 0 Å². The fourth-order valence-electron chi connectivity index (χ4n) is 1.92. The summed E-state index contributed by atoms with van der Waals surface area (Å²) < 4.78 is 9.81. The van der Waals surface area contributed by atoms with Crippen LogP contribution >= 0.6 is 0 Å². The molecule has 0 saturated carbocycles. The summed E-state index contributed by atoms with van der Waals surface area (Å²) in [5, 5.41) is 9.50. The molecule has 0 bridgehead atoms. The summed E-state index contributed by atoms with van der Waals surface area (Å²) in [6.45, 7) is 4.03. The van der Waals surface area contributed by atoms with E-state index in [0.29, 0.717) is 18.6 Å². The predicted octanol–water partition coefficient (Wildman–Crippen LogP) is 0.584. The van der Waals surface area contributed by atoms with Gasteiger partial charge >= 0.3 is 5.97 Å². The number of rotatable bonds is 1. The molecule has 4 heteroatoms. The lowest BCUT2D eigenvalue weighted by atomic mass is 9.81. The van der Waals surface area contributed by atoms with Gasteiger partial charge in [0, 0.05) is 11.8 Å². The topological polar surface area (TPSA) is 55.8 Å². The Morgan fingerprint density at radius 1 is 1.64 bits per heavy atom. The van der Waals surface area contributed by atoms with Crippen LogP contribution in [0, 0.1) is 11.8 Å². The van der Waals surface area contributed by atoms with Gasteiger partial charge in [0.15, 0.2) is 0 Å². The van der Waals surface area contributed by atoms with Gasteiger partial charge < -0.3 is 14.6 Å². The SMILES string of the molecule is C=C[C@H]1[C@H](O)OC=C2C(=O)OCC[C@H]21. The Morgan fingerprint density at radius 2 is 2.43 bits per heavy atom. The summed E-state index contributed by atoms with van der Waals surface area (Å²) in [6.07, 6.45) is 2.75. The van der Waals surface area contributed by atoms with Gasteiger partial charge in [-0.15, -0.1) is 6.58 Å². The normalized spacial score (nSPS) is 36.2. The first-order valence-electron chi connectivity index (χ1n) is 4.57. The molecule has 2 aliphatic rings. The maximum atomic E-state index is 11.3. The van der Waals surface area contributed by atoms with E-state index in [1.165, 1.54) is 6.26 Å². The molecule has 0 aromatic carbocycles. The zero-order chi connectivity index (χ0) is 10.1. The average molecular weight is 196 g/mol. The highest BCUT2D eigenvalue weighted by atomic mass is 16.6. The van der Waals surface area contributed by atoms with Gasteiger partial charge in [-0.25, -0.2) is 4.79 Å². The Labute approximate surface area is 81.8 Å². The minimum absolute atomic E-state index is 0.0162. The maximum Gasteiger partial charge on any atom is 0.337 e. The maximum absolute atomic E-state index is 11.3. The first kappa shape index (κ1) is 9.27. The van der Waals surface area contributed by atoms with Crippen molar-refractivity contribution in [2.45, 2.75) is 12.7 Å². The van der Waals surface area contributed by atoms with Gasteiger partial charge in [0.05, 0.1) is 18.4 Å². The molecular weight excluding hydrogens is 184 g/mol. The molecule has 0 aliphatic carbocycles. The molecule has 2 rings (SSSR count). The number of aliphatic hydroxyl groups excluding tert-OH is 1. The second-order valence-corrected chi connectivity index (χ2v) is 3.44. The monoisotopic (exact) mass is 196 g/mol. The number of esters is 1. The molecule has 2 heterocycles. The van der Waals surface area contributed by atoms with E-state index < -0.39 is 6.29 Å². The molecule has 3 atom stereocenters. The van der Waals surface area contributed by atoms with Crippen LogP contribution in [0.4, 0.5) is 0 Å². The van der Waals surface area contributed by atoms with Crippen LogP contribution in [0.25, 0.3) is 0 Å². The summed E-state index contributed by atoms with van der Waals surface area (Å²) in [7, 11) is 0. The number of aliphatic hydroxyl groups is 1. The molecule has 0 unspecified atom stereocenters. The van der Waals surface area contributed by atoms with E-state index in [0.717, 1.165) is 0 Å². The first-order valence-corrected chi connectivity index (χ1v) is 4.57. The van der Waals surface area contributed by atoms with Crippen LogP contribution in [0.5, 0.6) is 0 Å². The third-order valence-corrected chi connectivity index (χ3v) is 2.70. The van der Waals surface area contributed by atoms with Gasteiger partial charge in [0.25, 0.3) is 0 Å². The van der Waals surface area contributed by atoms with Crippen molar-refractivity contribution in [2.24, 2.45) is 11.8 Å². The quantitative estimate of drug-likeness (QED) is 0.492. The van der Waals surface area contributed by atoms with Crippen molar-refractivity contribution in [3.63, 3.8) is 0 Å². The van der Waals surface area contributed by atoms with Gasteiger partial charge in [0.2, 0.25) is 6.29 Å². The minimum Gasteiger partial charge on any atom is -0.472 e. The third kappa shape index (κ3) is 1.32. The highest BCUT2D eigenvalue weighted by Crippen LogP contribution is 2.35. The first-order chi connectivity index (χ1) is 6.74. The van der Waals surface area contributed by atoms with Crippen molar-refractivity contribution in [1.29, 1.82) is 0 Å². The van der Waals surface area contributed by atoms with Crippen molar-refractivity contribution in [3.05, 3.63) is 24.5 Å². The van der Waals surface area contributed by atoms with Gasteiger partial charge in [-0.2, -0.15) is 0 Å². The molecule has 4 nitrogen and oxygen atoms in total. The molecule has 1 fully saturated rings. The minimum atomic E-state index is -0.896. The van der Waals surface area contributed by atoms with E-state index in [4.69, 9.17) is 9.47 Å². The van der Waals surface area contributed by atoms with Crippen molar-refractivity contribution in [2.75, 3.05) is 6.61 Å². The molecule has 1 N–H and O–H groups in total. The Balaban J connectivity index is 2.29. The van der Waals surface area contributed by atoms with Gasteiger partial charge in [-0.05, 0) is 6.42 Å². The molecule has 1 saturated heterocycles. The number of carbonyl (C=O) groups is 1. The lowest BCUT2D eigenvalue weighted by Gasteiger charge is -2.35. The molecular formula is C10H12O4. The van der Waals surface area contributed by atoms with Crippen molar-refractivity contribution < 1.29 is 19.4 Å². The van der Waals surface area contributed by atoms with Crippen LogP contribution in [-0.4, -0.2) is 24.0 Å². The summed E-state index contributed by atoms with van der Waals surface area (Å²) in [6, 6.07) is 0. The van der Waals surface area contributed by atoms with E-state index in [1.54, 1.807) is 6.08 Å². The summed E-state index contributed by atoms with van der Waals surface area (Å²) in [5.74, 6) is -0.583. The smallest absolute Gasteiger partial charge is 0.337 e. The molecule has 0 aromatic rings. The highest BCUT2D eigenvalue weighted by Gasteiger charge is 2.39. The van der Waals surface area contributed by atoms with Crippen LogP contribution in [-0.2, 0) is 14.3 Å². The molecule has 14 heavy (non-hydrogen) atoms. The van der Waals surface area contributed by atoms with E-state index in [2.05, 4.69) is 6.58 Å². The highest BCUT2D eigenvalue weighted by molar-refractivity contribution is 5.89. The van der Waals surface area contributed by atoms with Crippen molar-refractivity contribution in [1.82, 2.24) is 0 Å². The zero-order valence-corrected chi connectivity index (χ0v) is 7.68. The molecule has 0 spiro atoms. The van der Waals surface area contributed by atoms with E-state index in [1.807, 2.05) is 0 Å². The number of hydrogen-bond acceptors (Lipinski definition) is 4. The lowest BCUT2D eigenvalue weighted by molar-refractivity contribution is -0.151. The average Bonchev–Trinajstić information content (AvgIpc) is 2.18. The molecule has 0 amide bonds. The van der Waals surface area contributed by atoms with Gasteiger partial charge in [0.1, 0.15) is 0 Å². The Morgan fingerprint density at radius 3 is 3.14 bits per heavy atom. The summed E-state index contributed by atoms with van der Waals surface area (Å²) in [5.41, 5.74) is 0.506. The number of hydrogen-bond donors (Lipinski definition) is 1. The van der Waals surface area contributed by atoms with Crippen molar-refractivity contribution >= 4 is 5.97 Å². The number of carbonyl (C=O) groups excluding carboxylic acids is 1. The Bertz CT molecular complexity index is 294. The van der Waals surface area contributed by atoms with Crippen LogP contribution in [0.2, 0.25) is 0 Å². The molecule has 76 valence electrons. The van der Waals surface area contributed by atoms with Crippen LogP contribution < -0.4 is 0 Å². The lowest BCUT2D eigenvalue weighted by Crippen LogP contribution is -2.38. The largest absolute Gasteiger partial charge is 0.472 e. The van der Waals surface area contributed by atoms with Crippen LogP contribution in [0.1, 0.15) is 6.42 Å². The standard InChI is InChI=1S/C10H12O4/c1-2-6-7-3-4-13-10(12)8(7)5-14-9(6)11/h2,5-7,9,11H,1,3-4H2/t6-,7+,9-/m1/s1. The molecule has 2 aliphatic heterocycles. The number of cyclic esters (lactones) is 1.